The number of amides is 4. The highest BCUT2D eigenvalue weighted by Gasteiger charge is 2.38. The van der Waals surface area contributed by atoms with Crippen LogP contribution in [0.5, 0.6) is 11.6 Å². The molecule has 2 aliphatic heterocycles. The van der Waals surface area contributed by atoms with E-state index in [0.717, 1.165) is 86.1 Å². The SMILES string of the molecule is CN[C@@H](C)C(=O)NC(C(=O)N1CCN(C(=O)c2c(C(=O)NCCOCCOCCOc3cc(CN4CCC(Oc5ccnc6cc(C)sc56)CC4)on3)c3cc(F)c(F)cc3n2C)CC1)C1CCCCC1. The maximum Gasteiger partial charge on any atom is 0.271 e. The summed E-state index contributed by atoms with van der Waals surface area (Å²) in [5, 5.41) is 12.8. The van der Waals surface area contributed by atoms with Gasteiger partial charge in [0.25, 0.3) is 17.7 Å². The number of piperidine rings is 1. The van der Waals surface area contributed by atoms with Crippen molar-refractivity contribution in [3.63, 3.8) is 0 Å². The highest BCUT2D eigenvalue weighted by atomic mass is 32.1. The van der Waals surface area contributed by atoms with E-state index < -0.39 is 35.5 Å². The van der Waals surface area contributed by atoms with Crippen LogP contribution in [0.3, 0.4) is 0 Å². The quantitative estimate of drug-likeness (QED) is 0.0813. The normalized spacial score (nSPS) is 17.2. The Bertz CT molecular complexity index is 2640. The van der Waals surface area contributed by atoms with E-state index in [2.05, 4.69) is 44.0 Å². The van der Waals surface area contributed by atoms with Crippen molar-refractivity contribution in [1.29, 1.82) is 0 Å². The number of nitrogens with one attached hydrogen (secondary N) is 3. The van der Waals surface area contributed by atoms with Gasteiger partial charge < -0.3 is 53.8 Å². The molecule has 21 heteroatoms. The van der Waals surface area contributed by atoms with E-state index >= 15 is 0 Å². The van der Waals surface area contributed by atoms with Crippen LogP contribution in [0.2, 0.25) is 0 Å². The number of nitrogens with zero attached hydrogens (tertiary/aromatic N) is 6. The van der Waals surface area contributed by atoms with E-state index in [1.165, 1.54) is 21.4 Å². The molecule has 1 unspecified atom stereocenters. The van der Waals surface area contributed by atoms with Gasteiger partial charge in [0.05, 0.1) is 60.3 Å². The predicted molar refractivity (Wildman–Crippen MR) is 262 cm³/mol. The van der Waals surface area contributed by atoms with Gasteiger partial charge >= 0.3 is 0 Å². The zero-order valence-corrected chi connectivity index (χ0v) is 41.8. The lowest BCUT2D eigenvalue weighted by Gasteiger charge is -2.39. The summed E-state index contributed by atoms with van der Waals surface area (Å²) >= 11 is 1.70. The van der Waals surface area contributed by atoms with Gasteiger partial charge in [-0.15, -0.1) is 11.3 Å². The Hall–Kier alpha value is -5.74. The number of carbonyl (C=O) groups is 4. The number of fused-ring (bicyclic) bond motifs is 2. The Balaban J connectivity index is 0.749. The topological polar surface area (TPSA) is 195 Å². The standard InChI is InChI=1S/C50H65F2N9O9S/c1-31-26-39-46(71-31)41(10-13-54-39)69-34-11-15-59(16-12-34)30-35-27-42(57-70-35)68-25-24-67-23-22-66-21-14-55-48(63)43-36-28-37(51)38(52)29-40(36)58(4)45(43)50(65)61-19-17-60(18-20-61)49(64)44(33-8-6-5-7-9-33)56-47(62)32(2)53-3/h10,13,26-29,32-34,44,53H,5-9,11-12,14-25,30H2,1-4H3,(H,55,63)(H,56,62)/t32-,44?/m0/s1. The number of halogens is 2. The molecule has 4 aromatic heterocycles. The molecule has 1 aromatic carbocycles. The van der Waals surface area contributed by atoms with E-state index in [0.29, 0.717) is 18.2 Å². The number of likely N-dealkylation sites (tertiary alicyclic amines) is 1. The molecule has 0 bridgehead atoms. The fourth-order valence-corrected chi connectivity index (χ4v) is 10.6. The molecule has 1 aliphatic carbocycles. The van der Waals surface area contributed by atoms with Gasteiger partial charge in [-0.05, 0) is 75.9 Å². The van der Waals surface area contributed by atoms with Crippen molar-refractivity contribution in [2.24, 2.45) is 13.0 Å². The lowest BCUT2D eigenvalue weighted by Crippen LogP contribution is -2.59. The van der Waals surface area contributed by atoms with Crippen LogP contribution in [0.25, 0.3) is 21.1 Å². The van der Waals surface area contributed by atoms with Gasteiger partial charge in [-0.2, -0.15) is 0 Å². The minimum atomic E-state index is -1.16. The number of benzene rings is 1. The number of hydrogen-bond donors (Lipinski definition) is 3. The van der Waals surface area contributed by atoms with E-state index in [-0.39, 0.29) is 112 Å². The third kappa shape index (κ3) is 12.7. The van der Waals surface area contributed by atoms with Crippen molar-refractivity contribution < 1.29 is 51.4 Å². The van der Waals surface area contributed by atoms with Crippen molar-refractivity contribution in [2.75, 3.05) is 85.9 Å². The molecule has 8 rings (SSSR count). The van der Waals surface area contributed by atoms with Gasteiger partial charge in [-0.1, -0.05) is 19.3 Å². The largest absolute Gasteiger partial charge is 0.489 e. The van der Waals surface area contributed by atoms with Crippen LogP contribution in [0.1, 0.15) is 83.4 Å². The predicted octanol–water partition coefficient (Wildman–Crippen LogP) is 5.21. The molecule has 71 heavy (non-hydrogen) atoms. The number of aromatic nitrogens is 3. The van der Waals surface area contributed by atoms with E-state index in [1.807, 2.05) is 6.07 Å². The molecule has 1 saturated carbocycles. The van der Waals surface area contributed by atoms with Crippen LogP contribution in [0.4, 0.5) is 8.78 Å². The second-order valence-corrected chi connectivity index (χ2v) is 19.8. The Morgan fingerprint density at radius 3 is 2.34 bits per heavy atom. The Labute approximate surface area is 415 Å². The van der Waals surface area contributed by atoms with Gasteiger partial charge in [-0.25, -0.2) is 8.78 Å². The lowest BCUT2D eigenvalue weighted by molar-refractivity contribution is -0.140. The monoisotopic (exact) mass is 1010 g/mol. The molecule has 3 fully saturated rings. The molecular weight excluding hydrogens is 941 g/mol. The molecule has 2 atom stereocenters. The van der Waals surface area contributed by atoms with Gasteiger partial charge in [0, 0.05) is 81.5 Å². The first-order valence-electron chi connectivity index (χ1n) is 24.7. The minimum absolute atomic E-state index is 0.0154. The number of carbonyl (C=O) groups excluding carboxylic acids is 4. The second kappa shape index (κ2) is 24.1. The van der Waals surface area contributed by atoms with Crippen LogP contribution in [-0.4, -0.2) is 157 Å². The van der Waals surface area contributed by atoms with Crippen molar-refractivity contribution >= 4 is 56.1 Å². The van der Waals surface area contributed by atoms with Crippen LogP contribution < -0.4 is 25.4 Å². The summed E-state index contributed by atoms with van der Waals surface area (Å²) in [4.78, 5) is 66.2. The van der Waals surface area contributed by atoms with Gasteiger partial charge in [0.1, 0.15) is 30.2 Å². The van der Waals surface area contributed by atoms with E-state index in [9.17, 15) is 28.0 Å². The number of hydrogen-bond acceptors (Lipinski definition) is 14. The molecule has 384 valence electrons. The molecule has 18 nitrogen and oxygen atoms in total. The molecule has 5 aromatic rings. The number of rotatable bonds is 21. The number of thiophene rings is 1. The summed E-state index contributed by atoms with van der Waals surface area (Å²) in [6.07, 6.45) is 8.48. The smallest absolute Gasteiger partial charge is 0.271 e. The number of ether oxygens (including phenoxy) is 4. The van der Waals surface area contributed by atoms with Crippen LogP contribution in [0.15, 0.2) is 41.1 Å². The summed E-state index contributed by atoms with van der Waals surface area (Å²) in [6, 6.07) is 6.56. The molecule has 3 aliphatic rings. The fourth-order valence-electron chi connectivity index (χ4n) is 9.65. The average molecular weight is 1010 g/mol. The average Bonchev–Trinajstić information content (AvgIpc) is 4.08. The molecule has 3 N–H and O–H groups in total. The Morgan fingerprint density at radius 1 is 0.887 bits per heavy atom. The van der Waals surface area contributed by atoms with Crippen molar-refractivity contribution in [1.82, 2.24) is 45.4 Å². The molecule has 0 radical (unpaired) electrons. The van der Waals surface area contributed by atoms with E-state index in [4.69, 9.17) is 23.5 Å². The minimum Gasteiger partial charge on any atom is -0.489 e. The van der Waals surface area contributed by atoms with Crippen molar-refractivity contribution in [3.05, 3.63) is 70.1 Å². The first-order valence-corrected chi connectivity index (χ1v) is 25.5. The summed E-state index contributed by atoms with van der Waals surface area (Å²) in [6.45, 7) is 8.09. The summed E-state index contributed by atoms with van der Waals surface area (Å²) in [5.41, 5.74) is 1.02. The third-order valence-electron chi connectivity index (χ3n) is 13.7. The summed E-state index contributed by atoms with van der Waals surface area (Å²) < 4.78 is 60.7. The van der Waals surface area contributed by atoms with Crippen LogP contribution >= 0.6 is 11.3 Å². The Morgan fingerprint density at radius 2 is 1.59 bits per heavy atom. The van der Waals surface area contributed by atoms with Gasteiger partial charge in [0.2, 0.25) is 11.8 Å². The van der Waals surface area contributed by atoms with Crippen LogP contribution in [-0.2, 0) is 32.7 Å². The molecule has 0 spiro atoms. The lowest BCUT2D eigenvalue weighted by atomic mass is 9.83. The highest BCUT2D eigenvalue weighted by molar-refractivity contribution is 7.19. The maximum atomic E-state index is 14.7. The molecular formula is C50H65F2N9O9S. The zero-order chi connectivity index (χ0) is 50.0. The Kier molecular flexibility index (Phi) is 17.5. The van der Waals surface area contributed by atoms with Crippen molar-refractivity contribution in [2.45, 2.75) is 83.5 Å². The fraction of sp³-hybridized carbons (Fsp3) is 0.560. The highest BCUT2D eigenvalue weighted by Crippen LogP contribution is 2.34. The second-order valence-electron chi connectivity index (χ2n) is 18.5. The van der Waals surface area contributed by atoms with Crippen molar-refractivity contribution in [3.8, 4) is 11.6 Å². The maximum absolute atomic E-state index is 14.7. The van der Waals surface area contributed by atoms with Gasteiger partial charge in [0.15, 0.2) is 17.4 Å². The summed E-state index contributed by atoms with van der Waals surface area (Å²) in [7, 11) is 3.22. The molecule has 4 amide bonds. The van der Waals surface area contributed by atoms with Crippen LogP contribution in [0, 0.1) is 24.5 Å². The summed E-state index contributed by atoms with van der Waals surface area (Å²) in [5.74, 6) is -1.87. The molecule has 2 saturated heterocycles. The number of pyridine rings is 1. The van der Waals surface area contributed by atoms with E-state index in [1.54, 1.807) is 42.5 Å². The first-order chi connectivity index (χ1) is 34.4. The zero-order valence-electron chi connectivity index (χ0n) is 40.9. The van der Waals surface area contributed by atoms with Gasteiger partial charge in [-0.3, -0.25) is 29.1 Å². The third-order valence-corrected chi connectivity index (χ3v) is 14.7. The number of likely N-dealkylation sites (N-methyl/N-ethyl adjacent to an activating group) is 1. The first kappa shape index (κ1) is 51.6. The molecule has 6 heterocycles. The number of aryl methyl sites for hydroxylation is 2. The number of piperazine rings is 1.